The van der Waals surface area contributed by atoms with Crippen molar-refractivity contribution >= 4 is 27.6 Å². The van der Waals surface area contributed by atoms with Crippen LogP contribution >= 0.6 is 15.9 Å². The first kappa shape index (κ1) is 15.4. The van der Waals surface area contributed by atoms with E-state index in [4.69, 9.17) is 5.73 Å². The second-order valence-corrected chi connectivity index (χ2v) is 5.58. The van der Waals surface area contributed by atoms with Gasteiger partial charge in [0.05, 0.1) is 0 Å². The van der Waals surface area contributed by atoms with Crippen LogP contribution < -0.4 is 5.73 Å². The molecule has 5 heteroatoms. The lowest BCUT2D eigenvalue weighted by molar-refractivity contribution is 0.0945. The van der Waals surface area contributed by atoms with E-state index in [9.17, 15) is 14.0 Å². The number of benzene rings is 2. The Hall–Kier alpha value is -2.01. The van der Waals surface area contributed by atoms with E-state index in [1.807, 2.05) is 0 Å². The fourth-order valence-corrected chi connectivity index (χ4v) is 2.47. The highest BCUT2D eigenvalue weighted by molar-refractivity contribution is 9.10. The van der Waals surface area contributed by atoms with Crippen LogP contribution in [0.25, 0.3) is 0 Å². The largest absolute Gasteiger partial charge is 0.366 e. The van der Waals surface area contributed by atoms with Gasteiger partial charge in [0.1, 0.15) is 5.82 Å². The van der Waals surface area contributed by atoms with E-state index in [1.54, 1.807) is 31.2 Å². The van der Waals surface area contributed by atoms with Crippen molar-refractivity contribution in [3.8, 4) is 0 Å². The van der Waals surface area contributed by atoms with Crippen LogP contribution in [0.2, 0.25) is 0 Å². The lowest BCUT2D eigenvalue weighted by Crippen LogP contribution is -2.19. The van der Waals surface area contributed by atoms with Gasteiger partial charge < -0.3 is 5.73 Å². The highest BCUT2D eigenvalue weighted by Gasteiger charge is 2.23. The number of primary amides is 1. The molecule has 0 spiro atoms. The third-order valence-electron chi connectivity index (χ3n) is 3.28. The second-order valence-electron chi connectivity index (χ2n) is 4.66. The van der Waals surface area contributed by atoms with Crippen molar-refractivity contribution in [3.63, 3.8) is 0 Å². The molecule has 1 amide bonds. The van der Waals surface area contributed by atoms with Crippen LogP contribution in [-0.4, -0.2) is 11.7 Å². The zero-order valence-electron chi connectivity index (χ0n) is 11.3. The number of halogens is 2. The van der Waals surface area contributed by atoms with Crippen molar-refractivity contribution in [2.45, 2.75) is 12.8 Å². The molecule has 0 fully saturated rings. The first-order valence-corrected chi connectivity index (χ1v) is 7.09. The molecule has 0 aliphatic carbocycles. The maximum Gasteiger partial charge on any atom is 0.249 e. The summed E-state index contributed by atoms with van der Waals surface area (Å²) >= 11 is 3.17. The van der Waals surface area contributed by atoms with E-state index in [-0.39, 0.29) is 22.5 Å². The molecule has 2 rings (SSSR count). The molecule has 0 aliphatic rings. The molecule has 0 saturated carbocycles. The molecule has 21 heavy (non-hydrogen) atoms. The van der Waals surface area contributed by atoms with E-state index >= 15 is 0 Å². The van der Waals surface area contributed by atoms with Crippen LogP contribution in [0, 0.1) is 5.82 Å². The summed E-state index contributed by atoms with van der Waals surface area (Å²) in [6.45, 7) is 1.60. The Morgan fingerprint density at radius 1 is 1.14 bits per heavy atom. The van der Waals surface area contributed by atoms with Gasteiger partial charge in [-0.15, -0.1) is 0 Å². The smallest absolute Gasteiger partial charge is 0.249 e. The lowest BCUT2D eigenvalue weighted by Gasteiger charge is -2.14. The Bertz CT molecular complexity index is 715. The Balaban J connectivity index is 2.42. The maximum atomic E-state index is 14.0. The monoisotopic (exact) mass is 349 g/mol. The van der Waals surface area contributed by atoms with Gasteiger partial charge >= 0.3 is 0 Å². The highest BCUT2D eigenvalue weighted by Crippen LogP contribution is 2.26. The molecular weight excluding hydrogens is 337 g/mol. The normalized spacial score (nSPS) is 12.0. The van der Waals surface area contributed by atoms with E-state index < -0.39 is 17.6 Å². The minimum atomic E-state index is -0.710. The molecule has 0 saturated heterocycles. The van der Waals surface area contributed by atoms with Crippen molar-refractivity contribution in [1.29, 1.82) is 0 Å². The molecule has 0 bridgehead atoms. The summed E-state index contributed by atoms with van der Waals surface area (Å²) in [5.74, 6) is -2.20. The van der Waals surface area contributed by atoms with Gasteiger partial charge in [0.15, 0.2) is 5.78 Å². The van der Waals surface area contributed by atoms with E-state index in [1.165, 1.54) is 18.2 Å². The molecule has 0 heterocycles. The van der Waals surface area contributed by atoms with Gasteiger partial charge in [-0.3, -0.25) is 9.59 Å². The Morgan fingerprint density at radius 2 is 1.76 bits per heavy atom. The quantitative estimate of drug-likeness (QED) is 0.856. The van der Waals surface area contributed by atoms with E-state index in [0.29, 0.717) is 4.47 Å². The predicted molar refractivity (Wildman–Crippen MR) is 81.8 cm³/mol. The summed E-state index contributed by atoms with van der Waals surface area (Å²) in [7, 11) is 0. The summed E-state index contributed by atoms with van der Waals surface area (Å²) in [6, 6.07) is 10.8. The number of hydrogen-bond donors (Lipinski definition) is 1. The van der Waals surface area contributed by atoms with Crippen LogP contribution in [0.4, 0.5) is 4.39 Å². The zero-order chi connectivity index (χ0) is 15.6. The van der Waals surface area contributed by atoms with Crippen LogP contribution in [-0.2, 0) is 0 Å². The SMILES string of the molecule is CC(C(=O)c1ccccc1C(N)=O)c1ccc(Br)cc1F. The molecule has 0 radical (unpaired) electrons. The van der Waals surface area contributed by atoms with Crippen molar-refractivity contribution < 1.29 is 14.0 Å². The standard InChI is InChI=1S/C16H13BrFNO2/c1-9(11-7-6-10(17)8-14(11)18)15(20)12-4-2-3-5-13(12)16(19)21/h2-9H,1H3,(H2,19,21). The van der Waals surface area contributed by atoms with Crippen molar-refractivity contribution in [2.75, 3.05) is 0 Å². The molecule has 1 unspecified atom stereocenters. The number of carbonyl (C=O) groups excluding carboxylic acids is 2. The van der Waals surface area contributed by atoms with Gasteiger partial charge in [0, 0.05) is 21.5 Å². The van der Waals surface area contributed by atoms with Gasteiger partial charge in [-0.2, -0.15) is 0 Å². The number of rotatable bonds is 4. The van der Waals surface area contributed by atoms with E-state index in [2.05, 4.69) is 15.9 Å². The molecule has 2 N–H and O–H groups in total. The molecule has 2 aromatic carbocycles. The fourth-order valence-electron chi connectivity index (χ4n) is 2.14. The third kappa shape index (κ3) is 3.19. The minimum absolute atomic E-state index is 0.145. The maximum absolute atomic E-state index is 14.0. The number of hydrogen-bond acceptors (Lipinski definition) is 2. The van der Waals surface area contributed by atoms with Crippen molar-refractivity contribution in [1.82, 2.24) is 0 Å². The molecular formula is C16H13BrFNO2. The van der Waals surface area contributed by atoms with Crippen LogP contribution in [0.15, 0.2) is 46.9 Å². The third-order valence-corrected chi connectivity index (χ3v) is 3.77. The predicted octanol–water partition coefficient (Wildman–Crippen LogP) is 3.67. The van der Waals surface area contributed by atoms with E-state index in [0.717, 1.165) is 0 Å². The number of ketones is 1. The molecule has 1 atom stereocenters. The topological polar surface area (TPSA) is 60.2 Å². The molecule has 0 aromatic heterocycles. The zero-order valence-corrected chi connectivity index (χ0v) is 12.9. The van der Waals surface area contributed by atoms with Crippen molar-refractivity contribution in [2.24, 2.45) is 5.73 Å². The van der Waals surface area contributed by atoms with Crippen molar-refractivity contribution in [3.05, 3.63) is 69.4 Å². The lowest BCUT2D eigenvalue weighted by atomic mass is 9.89. The first-order valence-electron chi connectivity index (χ1n) is 6.29. The van der Waals surface area contributed by atoms with Gasteiger partial charge in [0.25, 0.3) is 0 Å². The van der Waals surface area contributed by atoms with Crippen LogP contribution in [0.3, 0.4) is 0 Å². The van der Waals surface area contributed by atoms with Crippen LogP contribution in [0.1, 0.15) is 39.1 Å². The van der Waals surface area contributed by atoms with Gasteiger partial charge in [0.2, 0.25) is 5.91 Å². The number of nitrogens with two attached hydrogens (primary N) is 1. The van der Waals surface area contributed by atoms with Gasteiger partial charge in [-0.1, -0.05) is 47.1 Å². The Morgan fingerprint density at radius 3 is 2.33 bits per heavy atom. The Kier molecular flexibility index (Phi) is 4.53. The average molecular weight is 350 g/mol. The molecule has 0 aliphatic heterocycles. The summed E-state index contributed by atoms with van der Waals surface area (Å²) in [4.78, 5) is 23.9. The minimum Gasteiger partial charge on any atom is -0.366 e. The molecule has 2 aromatic rings. The molecule has 108 valence electrons. The summed E-state index contributed by atoms with van der Waals surface area (Å²) < 4.78 is 14.6. The van der Waals surface area contributed by atoms with Gasteiger partial charge in [-0.25, -0.2) is 4.39 Å². The summed E-state index contributed by atoms with van der Waals surface area (Å²) in [5, 5.41) is 0. The summed E-state index contributed by atoms with van der Waals surface area (Å²) in [5.41, 5.74) is 5.90. The van der Waals surface area contributed by atoms with Crippen LogP contribution in [0.5, 0.6) is 0 Å². The summed E-state index contributed by atoms with van der Waals surface area (Å²) in [6.07, 6.45) is 0. The second kappa shape index (κ2) is 6.18. The molecule has 3 nitrogen and oxygen atoms in total. The first-order chi connectivity index (χ1) is 9.91. The fraction of sp³-hybridized carbons (Fsp3) is 0.125. The number of amides is 1. The average Bonchev–Trinajstić information content (AvgIpc) is 2.45. The highest BCUT2D eigenvalue weighted by atomic mass is 79.9. The number of carbonyl (C=O) groups is 2. The Labute approximate surface area is 130 Å². The van der Waals surface area contributed by atoms with Gasteiger partial charge in [-0.05, 0) is 23.8 Å². The number of Topliss-reactive ketones (excluding diaryl/α,β-unsaturated/α-hetero) is 1.